The molecule has 2 aromatic carbocycles. The zero-order valence-electron chi connectivity index (χ0n) is 15.9. The van der Waals surface area contributed by atoms with Gasteiger partial charge in [-0.3, -0.25) is 4.68 Å². The first-order chi connectivity index (χ1) is 13.1. The summed E-state index contributed by atoms with van der Waals surface area (Å²) in [7, 11) is 0. The van der Waals surface area contributed by atoms with Crippen LogP contribution in [0.25, 0.3) is 0 Å². The molecular weight excluding hydrogens is 352 g/mol. The smallest absolute Gasteiger partial charge is 0.175 e. The lowest BCUT2D eigenvalue weighted by molar-refractivity contribution is 0.684. The molecule has 0 atom stereocenters. The molecule has 3 rings (SSSR count). The fourth-order valence-corrected chi connectivity index (χ4v) is 3.14. The second kappa shape index (κ2) is 9.33. The maximum atomic E-state index is 5.42. The predicted octanol–water partition coefficient (Wildman–Crippen LogP) is 5.39. The van der Waals surface area contributed by atoms with Gasteiger partial charge in [-0.1, -0.05) is 49.7 Å². The van der Waals surface area contributed by atoms with E-state index in [0.717, 1.165) is 24.3 Å². The average molecular weight is 379 g/mol. The average Bonchev–Trinajstić information content (AvgIpc) is 3.10. The Morgan fingerprint density at radius 2 is 1.78 bits per heavy atom. The second-order valence-electron chi connectivity index (χ2n) is 6.73. The van der Waals surface area contributed by atoms with Crippen LogP contribution < -0.4 is 10.6 Å². The largest absolute Gasteiger partial charge is 0.332 e. The molecule has 0 bridgehead atoms. The van der Waals surface area contributed by atoms with Gasteiger partial charge in [0.1, 0.15) is 0 Å². The fourth-order valence-electron chi connectivity index (χ4n) is 2.91. The molecule has 0 aliphatic heterocycles. The highest BCUT2D eigenvalue weighted by Gasteiger charge is 2.04. The highest BCUT2D eigenvalue weighted by molar-refractivity contribution is 7.80. The normalized spacial score (nSPS) is 10.6. The number of nitrogens with one attached hydrogen (secondary N) is 2. The summed E-state index contributed by atoms with van der Waals surface area (Å²) in [6.07, 6.45) is 7.32. The Morgan fingerprint density at radius 3 is 2.52 bits per heavy atom. The van der Waals surface area contributed by atoms with Crippen LogP contribution in [-0.4, -0.2) is 14.9 Å². The quantitative estimate of drug-likeness (QED) is 0.541. The molecule has 0 unspecified atom stereocenters. The van der Waals surface area contributed by atoms with Crippen molar-refractivity contribution in [3.05, 3.63) is 77.6 Å². The number of nitrogens with zero attached hydrogens (tertiary/aromatic N) is 2. The number of thiocarbonyl (C=S) groups is 1. The summed E-state index contributed by atoms with van der Waals surface area (Å²) in [5.41, 5.74) is 5.75. The molecule has 0 fully saturated rings. The highest BCUT2D eigenvalue weighted by Crippen LogP contribution is 2.14. The van der Waals surface area contributed by atoms with Crippen molar-refractivity contribution < 1.29 is 0 Å². The molecule has 1 heterocycles. The van der Waals surface area contributed by atoms with E-state index in [1.54, 1.807) is 6.20 Å². The van der Waals surface area contributed by atoms with Crippen LogP contribution in [-0.2, 0) is 13.0 Å². The van der Waals surface area contributed by atoms with Gasteiger partial charge in [0.15, 0.2) is 5.11 Å². The standard InChI is InChI=1S/C22H26N4S/c1-3-4-8-18-10-12-20(13-11-18)24-22(27)25-21-14-23-26(16-21)15-19-9-6-5-7-17(19)2/h5-7,9-14,16H,3-4,8,15H2,1-2H3,(H2,24,25,27). The summed E-state index contributed by atoms with van der Waals surface area (Å²) < 4.78 is 1.91. The van der Waals surface area contributed by atoms with E-state index in [2.05, 4.69) is 78.1 Å². The van der Waals surface area contributed by atoms with E-state index in [0.29, 0.717) is 5.11 Å². The van der Waals surface area contributed by atoms with Gasteiger partial charge in [-0.2, -0.15) is 5.10 Å². The summed E-state index contributed by atoms with van der Waals surface area (Å²) in [4.78, 5) is 0. The second-order valence-corrected chi connectivity index (χ2v) is 7.14. The molecule has 27 heavy (non-hydrogen) atoms. The minimum Gasteiger partial charge on any atom is -0.332 e. The van der Waals surface area contributed by atoms with E-state index in [-0.39, 0.29) is 0 Å². The number of rotatable bonds is 7. The molecule has 0 saturated heterocycles. The Kier molecular flexibility index (Phi) is 6.60. The van der Waals surface area contributed by atoms with Gasteiger partial charge in [-0.25, -0.2) is 0 Å². The lowest BCUT2D eigenvalue weighted by atomic mass is 10.1. The van der Waals surface area contributed by atoms with Crippen molar-refractivity contribution in [3.8, 4) is 0 Å². The van der Waals surface area contributed by atoms with Crippen molar-refractivity contribution >= 4 is 28.7 Å². The molecule has 0 aliphatic carbocycles. The third-order valence-electron chi connectivity index (χ3n) is 4.52. The van der Waals surface area contributed by atoms with Crippen LogP contribution in [0.5, 0.6) is 0 Å². The number of aryl methyl sites for hydroxylation is 2. The summed E-state index contributed by atoms with van der Waals surface area (Å²) in [6, 6.07) is 16.8. The zero-order valence-corrected chi connectivity index (χ0v) is 16.7. The minimum absolute atomic E-state index is 0.562. The molecule has 0 aliphatic rings. The van der Waals surface area contributed by atoms with Crippen LogP contribution in [0.1, 0.15) is 36.5 Å². The topological polar surface area (TPSA) is 41.9 Å². The highest BCUT2D eigenvalue weighted by atomic mass is 32.1. The van der Waals surface area contributed by atoms with Crippen molar-refractivity contribution in [2.45, 2.75) is 39.7 Å². The van der Waals surface area contributed by atoms with Gasteiger partial charge in [-0.05, 0) is 60.8 Å². The van der Waals surface area contributed by atoms with Crippen molar-refractivity contribution in [2.24, 2.45) is 0 Å². The molecule has 4 nitrogen and oxygen atoms in total. The van der Waals surface area contributed by atoms with Crippen molar-refractivity contribution in [1.29, 1.82) is 0 Å². The van der Waals surface area contributed by atoms with E-state index in [4.69, 9.17) is 12.2 Å². The third kappa shape index (κ3) is 5.66. The molecule has 1 aromatic heterocycles. The number of anilines is 2. The molecular formula is C22H26N4S. The molecule has 0 spiro atoms. The number of benzene rings is 2. The summed E-state index contributed by atoms with van der Waals surface area (Å²) in [5.74, 6) is 0. The third-order valence-corrected chi connectivity index (χ3v) is 4.72. The minimum atomic E-state index is 0.562. The molecule has 0 amide bonds. The number of hydrogen-bond donors (Lipinski definition) is 2. The molecule has 5 heteroatoms. The summed E-state index contributed by atoms with van der Waals surface area (Å²) in [6.45, 7) is 5.07. The Balaban J connectivity index is 1.54. The van der Waals surface area contributed by atoms with E-state index < -0.39 is 0 Å². The Hall–Kier alpha value is -2.66. The van der Waals surface area contributed by atoms with Crippen LogP contribution >= 0.6 is 12.2 Å². The van der Waals surface area contributed by atoms with E-state index in [1.165, 1.54) is 29.5 Å². The number of aromatic nitrogens is 2. The van der Waals surface area contributed by atoms with Crippen LogP contribution in [0.2, 0.25) is 0 Å². The van der Waals surface area contributed by atoms with Gasteiger partial charge in [0.05, 0.1) is 18.4 Å². The van der Waals surface area contributed by atoms with Crippen molar-refractivity contribution in [2.75, 3.05) is 10.6 Å². The monoisotopic (exact) mass is 378 g/mol. The van der Waals surface area contributed by atoms with Gasteiger partial charge in [0.25, 0.3) is 0 Å². The lowest BCUT2D eigenvalue weighted by Crippen LogP contribution is -2.18. The van der Waals surface area contributed by atoms with Crippen molar-refractivity contribution in [3.63, 3.8) is 0 Å². The van der Waals surface area contributed by atoms with E-state index in [9.17, 15) is 0 Å². The Labute approximate surface area is 166 Å². The molecule has 3 aromatic rings. The van der Waals surface area contributed by atoms with Gasteiger partial charge in [-0.15, -0.1) is 0 Å². The molecule has 0 radical (unpaired) electrons. The molecule has 140 valence electrons. The van der Waals surface area contributed by atoms with E-state index >= 15 is 0 Å². The maximum Gasteiger partial charge on any atom is 0.175 e. The first kappa shape index (κ1) is 19.1. The van der Waals surface area contributed by atoms with Crippen molar-refractivity contribution in [1.82, 2.24) is 9.78 Å². The Bertz CT molecular complexity index is 883. The maximum absolute atomic E-state index is 5.42. The number of unbranched alkanes of at least 4 members (excludes halogenated alkanes) is 1. The first-order valence-corrected chi connectivity index (χ1v) is 9.79. The molecule has 0 saturated carbocycles. The van der Waals surface area contributed by atoms with Crippen LogP contribution in [0.4, 0.5) is 11.4 Å². The Morgan fingerprint density at radius 1 is 1.04 bits per heavy atom. The van der Waals surface area contributed by atoms with Crippen LogP contribution in [0, 0.1) is 6.92 Å². The lowest BCUT2D eigenvalue weighted by Gasteiger charge is -2.10. The van der Waals surface area contributed by atoms with Crippen LogP contribution in [0.15, 0.2) is 60.9 Å². The number of hydrogen-bond acceptors (Lipinski definition) is 2. The summed E-state index contributed by atoms with van der Waals surface area (Å²) in [5, 5.41) is 11.4. The van der Waals surface area contributed by atoms with Gasteiger partial charge >= 0.3 is 0 Å². The fraction of sp³-hybridized carbons (Fsp3) is 0.273. The first-order valence-electron chi connectivity index (χ1n) is 9.38. The predicted molar refractivity (Wildman–Crippen MR) is 117 cm³/mol. The van der Waals surface area contributed by atoms with Gasteiger partial charge in [0.2, 0.25) is 0 Å². The SMILES string of the molecule is CCCCc1ccc(NC(=S)Nc2cnn(Cc3ccccc3C)c2)cc1. The van der Waals surface area contributed by atoms with Gasteiger partial charge in [0, 0.05) is 11.9 Å². The van der Waals surface area contributed by atoms with Gasteiger partial charge < -0.3 is 10.6 Å². The molecule has 2 N–H and O–H groups in total. The summed E-state index contributed by atoms with van der Waals surface area (Å²) >= 11 is 5.42. The van der Waals surface area contributed by atoms with Crippen LogP contribution in [0.3, 0.4) is 0 Å². The zero-order chi connectivity index (χ0) is 19.1. The van der Waals surface area contributed by atoms with E-state index in [1.807, 2.05) is 10.9 Å².